The molecule has 1 aromatic carbocycles. The molecule has 1 atom stereocenters. The number of nitrogens with zero attached hydrogens (tertiary/aromatic N) is 2. The molecule has 1 N–H and O–H groups in total. The zero-order valence-corrected chi connectivity index (χ0v) is 12.3. The number of halogens is 1. The highest BCUT2D eigenvalue weighted by Crippen LogP contribution is 2.24. The van der Waals surface area contributed by atoms with Crippen LogP contribution in [-0.4, -0.2) is 20.8 Å². The molecule has 2 aromatic rings. The molecule has 0 aliphatic heterocycles. The van der Waals surface area contributed by atoms with Crippen molar-refractivity contribution in [1.29, 1.82) is 0 Å². The standard InChI is InChI=1S/C13H13BrN2OS/c1-9-6-15-13(16-7-9)18-8-12(17)10-3-2-4-11(14)5-10/h2-7,12,17H,8H2,1H3. The SMILES string of the molecule is Cc1cnc(SCC(O)c2cccc(Br)c2)nc1. The van der Waals surface area contributed by atoms with Gasteiger partial charge in [-0.2, -0.15) is 0 Å². The molecular formula is C13H13BrN2OS. The Kier molecular flexibility index (Phi) is 4.74. The van der Waals surface area contributed by atoms with Crippen LogP contribution in [0.2, 0.25) is 0 Å². The fourth-order valence-corrected chi connectivity index (χ4v) is 2.59. The summed E-state index contributed by atoms with van der Waals surface area (Å²) in [6, 6.07) is 7.68. The van der Waals surface area contributed by atoms with Crippen LogP contribution in [-0.2, 0) is 0 Å². The second-order valence-electron chi connectivity index (χ2n) is 3.92. The number of rotatable bonds is 4. The van der Waals surface area contributed by atoms with Crippen molar-refractivity contribution in [2.45, 2.75) is 18.2 Å². The van der Waals surface area contributed by atoms with Gasteiger partial charge in [-0.25, -0.2) is 9.97 Å². The number of hydrogen-bond donors (Lipinski definition) is 1. The highest BCUT2D eigenvalue weighted by atomic mass is 79.9. The van der Waals surface area contributed by atoms with Crippen LogP contribution in [0.15, 0.2) is 46.3 Å². The first-order valence-electron chi connectivity index (χ1n) is 5.50. The van der Waals surface area contributed by atoms with Crippen LogP contribution in [0.1, 0.15) is 17.2 Å². The van der Waals surface area contributed by atoms with Gasteiger partial charge in [-0.05, 0) is 30.2 Å². The normalized spacial score (nSPS) is 12.4. The molecule has 3 nitrogen and oxygen atoms in total. The van der Waals surface area contributed by atoms with E-state index in [1.807, 2.05) is 31.2 Å². The van der Waals surface area contributed by atoms with E-state index in [9.17, 15) is 5.11 Å². The van der Waals surface area contributed by atoms with Crippen LogP contribution in [0.3, 0.4) is 0 Å². The van der Waals surface area contributed by atoms with Crippen molar-refractivity contribution in [3.63, 3.8) is 0 Å². The van der Waals surface area contributed by atoms with Crippen LogP contribution < -0.4 is 0 Å². The summed E-state index contributed by atoms with van der Waals surface area (Å²) in [6.07, 6.45) is 3.04. The Morgan fingerprint density at radius 2 is 2.06 bits per heavy atom. The fraction of sp³-hybridized carbons (Fsp3) is 0.231. The molecular weight excluding hydrogens is 312 g/mol. The zero-order chi connectivity index (χ0) is 13.0. The van der Waals surface area contributed by atoms with Crippen LogP contribution in [0, 0.1) is 6.92 Å². The van der Waals surface area contributed by atoms with Gasteiger partial charge in [0.05, 0.1) is 6.10 Å². The van der Waals surface area contributed by atoms with Gasteiger partial charge < -0.3 is 5.11 Å². The maximum absolute atomic E-state index is 10.1. The van der Waals surface area contributed by atoms with E-state index in [0.29, 0.717) is 10.9 Å². The van der Waals surface area contributed by atoms with Crippen molar-refractivity contribution in [3.8, 4) is 0 Å². The minimum Gasteiger partial charge on any atom is -0.388 e. The zero-order valence-electron chi connectivity index (χ0n) is 9.88. The first-order chi connectivity index (χ1) is 8.65. The van der Waals surface area contributed by atoms with Gasteiger partial charge in [0.15, 0.2) is 5.16 Å². The van der Waals surface area contributed by atoms with Crippen molar-refractivity contribution >= 4 is 27.7 Å². The van der Waals surface area contributed by atoms with E-state index >= 15 is 0 Å². The number of aliphatic hydroxyl groups is 1. The summed E-state index contributed by atoms with van der Waals surface area (Å²) >= 11 is 4.84. The maximum atomic E-state index is 10.1. The molecule has 0 aliphatic carbocycles. The van der Waals surface area contributed by atoms with Gasteiger partial charge in [0.1, 0.15) is 0 Å². The van der Waals surface area contributed by atoms with Gasteiger partial charge in [0.2, 0.25) is 0 Å². The summed E-state index contributed by atoms with van der Waals surface area (Å²) < 4.78 is 0.968. The van der Waals surface area contributed by atoms with Gasteiger partial charge >= 0.3 is 0 Å². The minimum absolute atomic E-state index is 0.516. The van der Waals surface area contributed by atoms with Crippen LogP contribution >= 0.6 is 27.7 Å². The molecule has 0 saturated carbocycles. The molecule has 2 rings (SSSR count). The van der Waals surface area contributed by atoms with Crippen molar-refractivity contribution in [1.82, 2.24) is 9.97 Å². The summed E-state index contributed by atoms with van der Waals surface area (Å²) in [4.78, 5) is 8.39. The van der Waals surface area contributed by atoms with Crippen molar-refractivity contribution in [3.05, 3.63) is 52.3 Å². The Morgan fingerprint density at radius 1 is 1.33 bits per heavy atom. The molecule has 0 bridgehead atoms. The lowest BCUT2D eigenvalue weighted by molar-refractivity contribution is 0.204. The Hall–Kier alpha value is -0.910. The largest absolute Gasteiger partial charge is 0.388 e. The molecule has 94 valence electrons. The van der Waals surface area contributed by atoms with Gasteiger partial charge in [0, 0.05) is 22.6 Å². The first kappa shape index (κ1) is 13.5. The molecule has 0 amide bonds. The van der Waals surface area contributed by atoms with Crippen LogP contribution in [0.5, 0.6) is 0 Å². The van der Waals surface area contributed by atoms with E-state index in [1.165, 1.54) is 11.8 Å². The van der Waals surface area contributed by atoms with Crippen molar-refractivity contribution in [2.24, 2.45) is 0 Å². The number of hydrogen-bond acceptors (Lipinski definition) is 4. The number of aromatic nitrogens is 2. The quantitative estimate of drug-likeness (QED) is 0.691. The predicted octanol–water partition coefficient (Wildman–Crippen LogP) is 3.37. The van der Waals surface area contributed by atoms with Crippen LogP contribution in [0.4, 0.5) is 0 Å². The molecule has 0 radical (unpaired) electrons. The van der Waals surface area contributed by atoms with E-state index in [0.717, 1.165) is 15.6 Å². The van der Waals surface area contributed by atoms with E-state index < -0.39 is 6.10 Å². The number of aliphatic hydroxyl groups excluding tert-OH is 1. The molecule has 0 aliphatic rings. The van der Waals surface area contributed by atoms with E-state index in [1.54, 1.807) is 12.4 Å². The average molecular weight is 325 g/mol. The van der Waals surface area contributed by atoms with Crippen molar-refractivity contribution < 1.29 is 5.11 Å². The average Bonchev–Trinajstić information content (AvgIpc) is 2.38. The summed E-state index contributed by atoms with van der Waals surface area (Å²) in [5.74, 6) is 0.541. The lowest BCUT2D eigenvalue weighted by Crippen LogP contribution is -2.01. The smallest absolute Gasteiger partial charge is 0.187 e. The third kappa shape index (κ3) is 3.80. The molecule has 0 saturated heterocycles. The lowest BCUT2D eigenvalue weighted by atomic mass is 10.1. The van der Waals surface area contributed by atoms with Gasteiger partial charge in [0.25, 0.3) is 0 Å². The predicted molar refractivity (Wildman–Crippen MR) is 76.6 cm³/mol. The Bertz CT molecular complexity index is 519. The third-order valence-electron chi connectivity index (χ3n) is 2.36. The monoisotopic (exact) mass is 324 g/mol. The highest BCUT2D eigenvalue weighted by Gasteiger charge is 2.09. The number of benzene rings is 1. The number of thioether (sulfide) groups is 1. The molecule has 1 heterocycles. The summed E-state index contributed by atoms with van der Waals surface area (Å²) in [7, 11) is 0. The summed E-state index contributed by atoms with van der Waals surface area (Å²) in [5, 5.41) is 10.8. The summed E-state index contributed by atoms with van der Waals surface area (Å²) in [6.45, 7) is 1.95. The van der Waals surface area contributed by atoms with Gasteiger partial charge in [-0.3, -0.25) is 0 Å². The fourth-order valence-electron chi connectivity index (χ4n) is 1.42. The summed E-state index contributed by atoms with van der Waals surface area (Å²) in [5.41, 5.74) is 1.93. The highest BCUT2D eigenvalue weighted by molar-refractivity contribution is 9.10. The number of aryl methyl sites for hydroxylation is 1. The van der Waals surface area contributed by atoms with Gasteiger partial charge in [-0.1, -0.05) is 39.8 Å². The van der Waals surface area contributed by atoms with E-state index in [4.69, 9.17) is 0 Å². The Balaban J connectivity index is 1.96. The second kappa shape index (κ2) is 6.31. The van der Waals surface area contributed by atoms with Crippen molar-refractivity contribution in [2.75, 3.05) is 5.75 Å². The lowest BCUT2D eigenvalue weighted by Gasteiger charge is -2.10. The molecule has 5 heteroatoms. The second-order valence-corrected chi connectivity index (χ2v) is 5.83. The maximum Gasteiger partial charge on any atom is 0.187 e. The topological polar surface area (TPSA) is 46.0 Å². The molecule has 1 unspecified atom stereocenters. The Morgan fingerprint density at radius 3 is 2.72 bits per heavy atom. The minimum atomic E-state index is -0.516. The molecule has 0 spiro atoms. The third-order valence-corrected chi connectivity index (χ3v) is 3.81. The first-order valence-corrected chi connectivity index (χ1v) is 7.28. The Labute approximate surface area is 119 Å². The van der Waals surface area contributed by atoms with Crippen LogP contribution in [0.25, 0.3) is 0 Å². The van der Waals surface area contributed by atoms with E-state index in [2.05, 4.69) is 25.9 Å². The van der Waals surface area contributed by atoms with Gasteiger partial charge in [-0.15, -0.1) is 0 Å². The molecule has 1 aromatic heterocycles. The molecule has 18 heavy (non-hydrogen) atoms. The van der Waals surface area contributed by atoms with E-state index in [-0.39, 0.29) is 0 Å². The molecule has 0 fully saturated rings.